The molecule has 1 saturated heterocycles. The maximum Gasteiger partial charge on any atom is 0.313 e. The minimum atomic E-state index is -1.23. The number of nitrogens with zero attached hydrogens (tertiary/aromatic N) is 1. The summed E-state index contributed by atoms with van der Waals surface area (Å²) in [6, 6.07) is 14.8. The van der Waals surface area contributed by atoms with E-state index in [0.717, 1.165) is 68.6 Å². The maximum absolute atomic E-state index is 13.0. The average molecular weight is 553 g/mol. The second-order valence-electron chi connectivity index (χ2n) is 11.3. The Bertz CT molecular complexity index is 1180. The fourth-order valence-corrected chi connectivity index (χ4v) is 6.35. The molecule has 2 heterocycles. The van der Waals surface area contributed by atoms with Gasteiger partial charge in [0.2, 0.25) is 0 Å². The van der Waals surface area contributed by atoms with E-state index in [2.05, 4.69) is 4.90 Å². The average Bonchev–Trinajstić information content (AvgIpc) is 2.96. The molecule has 2 fully saturated rings. The van der Waals surface area contributed by atoms with Crippen LogP contribution in [0.2, 0.25) is 5.02 Å². The molecule has 1 atom stereocenters. The van der Waals surface area contributed by atoms with E-state index in [4.69, 9.17) is 26.8 Å². The zero-order valence-corrected chi connectivity index (χ0v) is 23.0. The molecule has 2 aromatic carbocycles. The summed E-state index contributed by atoms with van der Waals surface area (Å²) in [5.74, 6) is 0.115. The van der Waals surface area contributed by atoms with Gasteiger partial charge in [0.1, 0.15) is 12.4 Å². The van der Waals surface area contributed by atoms with Crippen LogP contribution in [0.15, 0.2) is 48.5 Å². The quantitative estimate of drug-likeness (QED) is 0.372. The molecule has 1 unspecified atom stereocenters. The lowest BCUT2D eigenvalue weighted by Crippen LogP contribution is -2.51. The number of primary amides is 1. The maximum atomic E-state index is 13.0. The van der Waals surface area contributed by atoms with E-state index in [1.807, 2.05) is 36.4 Å². The molecule has 3 aliphatic rings. The molecule has 1 amide bonds. The SMILES string of the molecule is NC(=O)C1(OC(=O)C2COc3ccccc3C2)CCC(CCN2CCC(C(=O)c3ccc(Cl)cc3)CC2)CC1. The van der Waals surface area contributed by atoms with Gasteiger partial charge < -0.3 is 20.1 Å². The first kappa shape index (κ1) is 27.7. The number of benzene rings is 2. The Hall–Kier alpha value is -2.90. The highest BCUT2D eigenvalue weighted by atomic mass is 35.5. The molecular formula is C31H37ClN2O5. The fourth-order valence-electron chi connectivity index (χ4n) is 6.22. The molecule has 39 heavy (non-hydrogen) atoms. The number of para-hydroxylation sites is 1. The van der Waals surface area contributed by atoms with Gasteiger partial charge in [0, 0.05) is 16.5 Å². The lowest BCUT2D eigenvalue weighted by molar-refractivity contribution is -0.177. The third-order valence-electron chi connectivity index (χ3n) is 8.81. The molecular weight excluding hydrogens is 516 g/mol. The third kappa shape index (κ3) is 6.47. The van der Waals surface area contributed by atoms with Gasteiger partial charge in [0.25, 0.3) is 5.91 Å². The smallest absolute Gasteiger partial charge is 0.313 e. The van der Waals surface area contributed by atoms with Crippen molar-refractivity contribution in [2.45, 2.75) is 57.0 Å². The van der Waals surface area contributed by atoms with Crippen LogP contribution in [0.1, 0.15) is 60.9 Å². The van der Waals surface area contributed by atoms with Gasteiger partial charge in [0.05, 0.1) is 5.92 Å². The number of carbonyl (C=O) groups is 3. The van der Waals surface area contributed by atoms with Crippen LogP contribution in [0.5, 0.6) is 5.75 Å². The van der Waals surface area contributed by atoms with Gasteiger partial charge >= 0.3 is 5.97 Å². The topological polar surface area (TPSA) is 98.9 Å². The van der Waals surface area contributed by atoms with Crippen LogP contribution in [0.3, 0.4) is 0 Å². The molecule has 0 aromatic heterocycles. The first-order valence-corrected chi connectivity index (χ1v) is 14.5. The van der Waals surface area contributed by atoms with Crippen LogP contribution < -0.4 is 10.5 Å². The number of halogens is 1. The van der Waals surface area contributed by atoms with Gasteiger partial charge in [-0.15, -0.1) is 0 Å². The first-order chi connectivity index (χ1) is 18.8. The number of nitrogens with two attached hydrogens (primary N) is 1. The van der Waals surface area contributed by atoms with Crippen molar-refractivity contribution < 1.29 is 23.9 Å². The Morgan fingerprint density at radius 3 is 2.36 bits per heavy atom. The Labute approximate surface area is 235 Å². The monoisotopic (exact) mass is 552 g/mol. The van der Waals surface area contributed by atoms with Gasteiger partial charge in [0.15, 0.2) is 11.4 Å². The zero-order chi connectivity index (χ0) is 27.4. The molecule has 2 aliphatic heterocycles. The van der Waals surface area contributed by atoms with Crippen molar-refractivity contribution >= 4 is 29.3 Å². The van der Waals surface area contributed by atoms with Crippen LogP contribution in [0, 0.1) is 17.8 Å². The van der Waals surface area contributed by atoms with E-state index in [9.17, 15) is 14.4 Å². The Morgan fingerprint density at radius 1 is 0.974 bits per heavy atom. The standard InChI is InChI=1S/C31H37ClN2O5/c32-26-7-5-22(6-8-26)28(35)23-12-17-34(18-13-23)16-11-21-9-14-31(15-10-21,30(33)37)39-29(36)25-19-24-3-1-2-4-27(24)38-20-25/h1-8,21,23,25H,9-20H2,(H2,33,37). The summed E-state index contributed by atoms with van der Waals surface area (Å²) in [6.45, 7) is 3.03. The van der Waals surface area contributed by atoms with Crippen molar-refractivity contribution in [1.82, 2.24) is 4.90 Å². The molecule has 7 nitrogen and oxygen atoms in total. The van der Waals surface area contributed by atoms with Crippen molar-refractivity contribution in [3.63, 3.8) is 0 Å². The van der Waals surface area contributed by atoms with Crippen molar-refractivity contribution in [3.8, 4) is 5.75 Å². The van der Waals surface area contributed by atoms with Crippen LogP contribution in [-0.4, -0.2) is 54.4 Å². The molecule has 0 radical (unpaired) electrons. The van der Waals surface area contributed by atoms with Gasteiger partial charge in [-0.25, -0.2) is 0 Å². The van der Waals surface area contributed by atoms with Crippen LogP contribution >= 0.6 is 11.6 Å². The Kier molecular flexibility index (Phi) is 8.57. The van der Waals surface area contributed by atoms with E-state index in [1.165, 1.54) is 0 Å². The van der Waals surface area contributed by atoms with Gasteiger partial charge in [-0.3, -0.25) is 14.4 Å². The Morgan fingerprint density at radius 2 is 1.67 bits per heavy atom. The highest BCUT2D eigenvalue weighted by molar-refractivity contribution is 6.30. The number of piperidine rings is 1. The summed E-state index contributed by atoms with van der Waals surface area (Å²) in [5, 5.41) is 0.639. The van der Waals surface area contributed by atoms with E-state index >= 15 is 0 Å². The predicted octanol–water partition coefficient (Wildman–Crippen LogP) is 4.83. The molecule has 5 rings (SSSR count). The molecule has 8 heteroatoms. The van der Waals surface area contributed by atoms with E-state index in [1.54, 1.807) is 12.1 Å². The highest BCUT2D eigenvalue weighted by Crippen LogP contribution is 2.38. The van der Waals surface area contributed by atoms with Crippen LogP contribution in [0.4, 0.5) is 0 Å². The summed E-state index contributed by atoms with van der Waals surface area (Å²) in [5.41, 5.74) is 6.27. The van der Waals surface area contributed by atoms with Crippen molar-refractivity contribution in [1.29, 1.82) is 0 Å². The first-order valence-electron chi connectivity index (χ1n) is 14.1. The second-order valence-corrected chi connectivity index (χ2v) is 11.8. The van der Waals surface area contributed by atoms with Crippen LogP contribution in [-0.2, 0) is 20.7 Å². The number of esters is 1. The van der Waals surface area contributed by atoms with Gasteiger partial charge in [-0.2, -0.15) is 0 Å². The number of likely N-dealkylation sites (tertiary alicyclic amines) is 1. The predicted molar refractivity (Wildman–Crippen MR) is 149 cm³/mol. The van der Waals surface area contributed by atoms with Crippen molar-refractivity contribution in [2.24, 2.45) is 23.5 Å². The minimum Gasteiger partial charge on any atom is -0.492 e. The summed E-state index contributed by atoms with van der Waals surface area (Å²) < 4.78 is 11.6. The number of carbonyl (C=O) groups excluding carboxylic acids is 3. The van der Waals surface area contributed by atoms with Crippen molar-refractivity contribution in [2.75, 3.05) is 26.2 Å². The number of hydrogen-bond acceptors (Lipinski definition) is 6. The molecule has 2 aromatic rings. The minimum absolute atomic E-state index is 0.0611. The number of rotatable bonds is 8. The largest absolute Gasteiger partial charge is 0.492 e. The number of fused-ring (bicyclic) bond motifs is 1. The molecule has 1 aliphatic carbocycles. The van der Waals surface area contributed by atoms with Gasteiger partial charge in [-0.1, -0.05) is 29.8 Å². The van der Waals surface area contributed by atoms with E-state index in [-0.39, 0.29) is 18.3 Å². The number of hydrogen-bond donors (Lipinski definition) is 1. The highest BCUT2D eigenvalue weighted by Gasteiger charge is 2.45. The van der Waals surface area contributed by atoms with Crippen LogP contribution in [0.25, 0.3) is 0 Å². The van der Waals surface area contributed by atoms with Crippen molar-refractivity contribution in [3.05, 3.63) is 64.7 Å². The summed E-state index contributed by atoms with van der Waals surface area (Å²) in [6.07, 6.45) is 5.79. The number of ether oxygens (including phenoxy) is 2. The Balaban J connectivity index is 1.06. The molecule has 2 N–H and O–H groups in total. The fraction of sp³-hybridized carbons (Fsp3) is 0.516. The third-order valence-corrected chi connectivity index (χ3v) is 9.06. The number of amides is 1. The van der Waals surface area contributed by atoms with Gasteiger partial charge in [-0.05, 0) is 113 Å². The zero-order valence-electron chi connectivity index (χ0n) is 22.3. The molecule has 208 valence electrons. The summed E-state index contributed by atoms with van der Waals surface area (Å²) >= 11 is 5.95. The second kappa shape index (κ2) is 12.1. The lowest BCUT2D eigenvalue weighted by Gasteiger charge is -2.39. The van der Waals surface area contributed by atoms with E-state index < -0.39 is 23.4 Å². The molecule has 0 bridgehead atoms. The number of ketones is 1. The normalized spacial score (nSPS) is 25.8. The molecule has 1 saturated carbocycles. The summed E-state index contributed by atoms with van der Waals surface area (Å²) in [4.78, 5) is 40.8. The molecule has 0 spiro atoms. The number of Topliss-reactive ketones (excluding diaryl/α,β-unsaturated/α-hetero) is 1. The summed E-state index contributed by atoms with van der Waals surface area (Å²) in [7, 11) is 0. The lowest BCUT2D eigenvalue weighted by atomic mass is 9.76. The van der Waals surface area contributed by atoms with E-state index in [0.29, 0.717) is 30.2 Å².